The summed E-state index contributed by atoms with van der Waals surface area (Å²) in [6.07, 6.45) is 0. The number of carbonyl (C=O) groups excluding carboxylic acids is 2. The lowest BCUT2D eigenvalue weighted by molar-refractivity contribution is -0.150. The molecule has 0 aliphatic heterocycles. The third-order valence-corrected chi connectivity index (χ3v) is 4.65. The number of likely N-dealkylation sites (N-methyl/N-ethyl adjacent to an activating group) is 2. The van der Waals surface area contributed by atoms with Crippen LogP contribution in [-0.2, 0) is 22.7 Å². The fraction of sp³-hybridized carbons (Fsp3) is 0.222. The van der Waals surface area contributed by atoms with Gasteiger partial charge in [-0.1, -0.05) is 50.1 Å². The van der Waals surface area contributed by atoms with Gasteiger partial charge in [-0.15, -0.1) is 0 Å². The van der Waals surface area contributed by atoms with E-state index in [0.29, 0.717) is 16.6 Å². The Kier molecular flexibility index (Phi) is 6.72. The highest BCUT2D eigenvalue weighted by Crippen LogP contribution is 2.17. The molecular weight excluding hydrogens is 455 g/mol. The zero-order valence-corrected chi connectivity index (χ0v) is 17.0. The Morgan fingerprint density at radius 3 is 1.96 bits per heavy atom. The molecule has 7 heteroatoms. The van der Waals surface area contributed by atoms with Crippen LogP contribution in [0.3, 0.4) is 0 Å². The summed E-state index contributed by atoms with van der Waals surface area (Å²) in [7, 11) is 3.05. The Bertz CT molecular complexity index is 781. The first-order valence-electron chi connectivity index (χ1n) is 7.47. The van der Waals surface area contributed by atoms with Crippen molar-refractivity contribution in [1.82, 2.24) is 9.80 Å². The summed E-state index contributed by atoms with van der Waals surface area (Å²) in [6, 6.07) is 12.1. The average molecular weight is 472 g/mol. The van der Waals surface area contributed by atoms with Gasteiger partial charge in [0, 0.05) is 41.7 Å². The van der Waals surface area contributed by atoms with Gasteiger partial charge in [0.15, 0.2) is 0 Å². The summed E-state index contributed by atoms with van der Waals surface area (Å²) >= 11 is 6.54. The SMILES string of the molecule is CN(Cc1ccc(Br)cc1)C(=O)C(=O)N(C)Cc1ccc(Br)cc1F. The molecule has 132 valence electrons. The average Bonchev–Trinajstić information content (AvgIpc) is 2.58. The Morgan fingerprint density at radius 2 is 1.40 bits per heavy atom. The van der Waals surface area contributed by atoms with Crippen LogP contribution in [-0.4, -0.2) is 35.7 Å². The van der Waals surface area contributed by atoms with Gasteiger partial charge in [-0.2, -0.15) is 0 Å². The topological polar surface area (TPSA) is 40.6 Å². The molecule has 0 N–H and O–H groups in total. The maximum atomic E-state index is 13.9. The molecule has 0 radical (unpaired) electrons. The molecule has 0 saturated heterocycles. The summed E-state index contributed by atoms with van der Waals surface area (Å²) in [6.45, 7) is 0.341. The summed E-state index contributed by atoms with van der Waals surface area (Å²) < 4.78 is 15.4. The quantitative estimate of drug-likeness (QED) is 0.633. The summed E-state index contributed by atoms with van der Waals surface area (Å²) in [4.78, 5) is 27.2. The fourth-order valence-corrected chi connectivity index (χ4v) is 2.84. The van der Waals surface area contributed by atoms with Crippen molar-refractivity contribution in [3.05, 3.63) is 68.4 Å². The largest absolute Gasteiger partial charge is 0.333 e. The molecule has 25 heavy (non-hydrogen) atoms. The number of nitrogens with zero attached hydrogens (tertiary/aromatic N) is 2. The molecule has 0 fully saturated rings. The normalized spacial score (nSPS) is 10.4. The number of hydrogen-bond acceptors (Lipinski definition) is 2. The van der Waals surface area contributed by atoms with Crippen molar-refractivity contribution in [2.24, 2.45) is 0 Å². The minimum atomic E-state index is -0.679. The Balaban J connectivity index is 2.00. The standard InChI is InChI=1S/C18H17Br2FN2O2/c1-22(10-12-3-6-14(19)7-4-12)17(24)18(25)23(2)11-13-5-8-15(20)9-16(13)21/h3-9H,10-11H2,1-2H3. The molecule has 2 aromatic carbocycles. The fourth-order valence-electron chi connectivity index (χ4n) is 2.24. The van der Waals surface area contributed by atoms with E-state index in [1.54, 1.807) is 19.2 Å². The van der Waals surface area contributed by atoms with Crippen molar-refractivity contribution in [3.8, 4) is 0 Å². The maximum absolute atomic E-state index is 13.9. The molecule has 2 rings (SSSR count). The van der Waals surface area contributed by atoms with Crippen LogP contribution < -0.4 is 0 Å². The van der Waals surface area contributed by atoms with Crippen LogP contribution in [0.1, 0.15) is 11.1 Å². The van der Waals surface area contributed by atoms with Crippen molar-refractivity contribution in [2.45, 2.75) is 13.1 Å². The van der Waals surface area contributed by atoms with Gasteiger partial charge in [0.2, 0.25) is 0 Å². The second kappa shape index (κ2) is 8.58. The smallest absolute Gasteiger partial charge is 0.312 e. The second-order valence-electron chi connectivity index (χ2n) is 5.68. The van der Waals surface area contributed by atoms with Gasteiger partial charge in [-0.25, -0.2) is 4.39 Å². The van der Waals surface area contributed by atoms with Gasteiger partial charge in [0.25, 0.3) is 0 Å². The first-order valence-corrected chi connectivity index (χ1v) is 9.05. The lowest BCUT2D eigenvalue weighted by Gasteiger charge is -2.22. The van der Waals surface area contributed by atoms with Crippen LogP contribution in [0.5, 0.6) is 0 Å². The molecule has 0 unspecified atom stereocenters. The summed E-state index contributed by atoms with van der Waals surface area (Å²) in [5.74, 6) is -1.74. The minimum Gasteiger partial charge on any atom is -0.333 e. The molecule has 0 spiro atoms. The zero-order valence-electron chi connectivity index (χ0n) is 13.8. The van der Waals surface area contributed by atoms with Crippen molar-refractivity contribution >= 4 is 43.7 Å². The number of halogens is 3. The monoisotopic (exact) mass is 470 g/mol. The van der Waals surface area contributed by atoms with Crippen LogP contribution in [0.2, 0.25) is 0 Å². The molecule has 2 aromatic rings. The van der Waals surface area contributed by atoms with Crippen LogP contribution in [0, 0.1) is 5.82 Å². The van der Waals surface area contributed by atoms with E-state index >= 15 is 0 Å². The molecule has 0 aliphatic carbocycles. The van der Waals surface area contributed by atoms with E-state index in [-0.39, 0.29) is 6.54 Å². The van der Waals surface area contributed by atoms with Crippen molar-refractivity contribution in [3.63, 3.8) is 0 Å². The lowest BCUT2D eigenvalue weighted by Crippen LogP contribution is -2.41. The lowest BCUT2D eigenvalue weighted by atomic mass is 10.2. The third-order valence-electron chi connectivity index (χ3n) is 3.63. The van der Waals surface area contributed by atoms with Crippen LogP contribution >= 0.6 is 31.9 Å². The van der Waals surface area contributed by atoms with Crippen molar-refractivity contribution in [2.75, 3.05) is 14.1 Å². The van der Waals surface area contributed by atoms with Gasteiger partial charge in [0.1, 0.15) is 5.82 Å². The number of carbonyl (C=O) groups is 2. The predicted molar refractivity (Wildman–Crippen MR) is 101 cm³/mol. The first kappa shape index (κ1) is 19.6. The third kappa shape index (κ3) is 5.37. The van der Waals surface area contributed by atoms with Gasteiger partial charge in [-0.3, -0.25) is 9.59 Å². The van der Waals surface area contributed by atoms with Crippen LogP contribution in [0.15, 0.2) is 51.4 Å². The van der Waals surface area contributed by atoms with Gasteiger partial charge in [0.05, 0.1) is 0 Å². The van der Waals surface area contributed by atoms with Gasteiger partial charge >= 0.3 is 11.8 Å². The van der Waals surface area contributed by atoms with Gasteiger partial charge in [-0.05, 0) is 29.8 Å². The molecule has 4 nitrogen and oxygen atoms in total. The van der Waals surface area contributed by atoms with E-state index in [9.17, 15) is 14.0 Å². The van der Waals surface area contributed by atoms with E-state index in [1.807, 2.05) is 24.3 Å². The van der Waals surface area contributed by atoms with E-state index < -0.39 is 17.6 Å². The van der Waals surface area contributed by atoms with E-state index in [2.05, 4.69) is 31.9 Å². The summed E-state index contributed by atoms with van der Waals surface area (Å²) in [5, 5.41) is 0. The van der Waals surface area contributed by atoms with Crippen molar-refractivity contribution < 1.29 is 14.0 Å². The van der Waals surface area contributed by atoms with Crippen LogP contribution in [0.4, 0.5) is 4.39 Å². The Hall–Kier alpha value is -1.73. The molecule has 0 aliphatic rings. The Morgan fingerprint density at radius 1 is 0.880 bits per heavy atom. The predicted octanol–water partition coefficient (Wildman–Crippen LogP) is 3.97. The summed E-state index contributed by atoms with van der Waals surface area (Å²) in [5.41, 5.74) is 1.26. The molecule has 0 saturated carbocycles. The van der Waals surface area contributed by atoms with Gasteiger partial charge < -0.3 is 9.80 Å². The van der Waals surface area contributed by atoms with E-state index in [0.717, 1.165) is 10.0 Å². The molecule has 0 bridgehead atoms. The zero-order chi connectivity index (χ0) is 18.6. The number of rotatable bonds is 4. The van der Waals surface area contributed by atoms with E-state index in [1.165, 1.54) is 22.9 Å². The van der Waals surface area contributed by atoms with Crippen LogP contribution in [0.25, 0.3) is 0 Å². The highest BCUT2D eigenvalue weighted by molar-refractivity contribution is 9.10. The minimum absolute atomic E-state index is 0.0236. The first-order chi connectivity index (χ1) is 11.8. The molecule has 0 heterocycles. The second-order valence-corrected chi connectivity index (χ2v) is 7.52. The number of benzene rings is 2. The number of hydrogen-bond donors (Lipinski definition) is 0. The Labute approximate surface area is 162 Å². The molecule has 0 aromatic heterocycles. The van der Waals surface area contributed by atoms with Crippen molar-refractivity contribution in [1.29, 1.82) is 0 Å². The molecule has 2 amide bonds. The highest BCUT2D eigenvalue weighted by atomic mass is 79.9. The number of amides is 2. The maximum Gasteiger partial charge on any atom is 0.312 e. The molecule has 0 atom stereocenters. The van der Waals surface area contributed by atoms with E-state index in [4.69, 9.17) is 0 Å². The highest BCUT2D eigenvalue weighted by Gasteiger charge is 2.23. The molecular formula is C18H17Br2FN2O2.